The van der Waals surface area contributed by atoms with Crippen LogP contribution in [0.4, 0.5) is 0 Å². The predicted molar refractivity (Wildman–Crippen MR) is 64.4 cm³/mol. The van der Waals surface area contributed by atoms with E-state index in [0.29, 0.717) is 6.54 Å². The van der Waals surface area contributed by atoms with E-state index < -0.39 is 0 Å². The van der Waals surface area contributed by atoms with Crippen LogP contribution in [0.1, 0.15) is 12.6 Å². The van der Waals surface area contributed by atoms with E-state index in [4.69, 9.17) is 0 Å². The topological polar surface area (TPSA) is 45.2 Å². The van der Waals surface area contributed by atoms with Gasteiger partial charge in [0.1, 0.15) is 0 Å². The van der Waals surface area contributed by atoms with Crippen molar-refractivity contribution in [1.29, 1.82) is 0 Å². The minimum absolute atomic E-state index is 0. The molecule has 0 spiro atoms. The molecule has 6 heteroatoms. The van der Waals surface area contributed by atoms with Gasteiger partial charge in [-0.15, -0.1) is 23.7 Å². The Hall–Kier alpha value is -0.650. The van der Waals surface area contributed by atoms with Crippen LogP contribution < -0.4 is 5.32 Å². The standard InChI is InChI=1S/C9H15N3OS.ClH/c1-7(9(13)12(2)3)10-4-8-5-14-6-11-8;/h5-7,10H,4H2,1-3H3;1H/t7-;/m1./s1. The molecule has 1 N–H and O–H groups in total. The summed E-state index contributed by atoms with van der Waals surface area (Å²) in [7, 11) is 3.51. The van der Waals surface area contributed by atoms with Crippen molar-refractivity contribution in [3.05, 3.63) is 16.6 Å². The Kier molecular flexibility index (Phi) is 6.47. The number of hydrogen-bond acceptors (Lipinski definition) is 4. The fourth-order valence-electron chi connectivity index (χ4n) is 1.06. The Morgan fingerprint density at radius 3 is 2.80 bits per heavy atom. The molecular formula is C9H16ClN3OS. The number of likely N-dealkylation sites (N-methyl/N-ethyl adjacent to an activating group) is 1. The lowest BCUT2D eigenvalue weighted by Crippen LogP contribution is -2.41. The molecule has 1 aromatic heterocycles. The van der Waals surface area contributed by atoms with E-state index in [2.05, 4.69) is 10.3 Å². The second-order valence-electron chi connectivity index (χ2n) is 3.32. The summed E-state index contributed by atoms with van der Waals surface area (Å²) in [6.07, 6.45) is 0. The lowest BCUT2D eigenvalue weighted by Gasteiger charge is -2.17. The number of amides is 1. The third kappa shape index (κ3) is 4.59. The molecule has 0 unspecified atom stereocenters. The molecule has 1 rings (SSSR count). The SMILES string of the molecule is C[C@@H](NCc1cscn1)C(=O)N(C)C.Cl. The Morgan fingerprint density at radius 1 is 1.67 bits per heavy atom. The van der Waals surface area contributed by atoms with Gasteiger partial charge in [-0.1, -0.05) is 0 Å². The zero-order valence-electron chi connectivity index (χ0n) is 9.06. The second kappa shape index (κ2) is 6.76. The van der Waals surface area contributed by atoms with Gasteiger partial charge in [0, 0.05) is 26.0 Å². The molecular weight excluding hydrogens is 234 g/mol. The summed E-state index contributed by atoms with van der Waals surface area (Å²) in [5, 5.41) is 5.09. The minimum atomic E-state index is -0.160. The number of halogens is 1. The van der Waals surface area contributed by atoms with Crippen LogP contribution in [0.15, 0.2) is 10.9 Å². The van der Waals surface area contributed by atoms with Gasteiger partial charge < -0.3 is 10.2 Å². The zero-order chi connectivity index (χ0) is 10.6. The Balaban J connectivity index is 0.00000196. The average molecular weight is 250 g/mol. The second-order valence-corrected chi connectivity index (χ2v) is 4.03. The Labute approximate surface area is 100 Å². The van der Waals surface area contributed by atoms with E-state index in [1.807, 2.05) is 12.3 Å². The van der Waals surface area contributed by atoms with Crippen molar-refractivity contribution in [2.24, 2.45) is 0 Å². The molecule has 0 saturated heterocycles. The lowest BCUT2D eigenvalue weighted by atomic mass is 10.3. The van der Waals surface area contributed by atoms with Gasteiger partial charge in [-0.25, -0.2) is 4.98 Å². The van der Waals surface area contributed by atoms with E-state index in [9.17, 15) is 4.79 Å². The van der Waals surface area contributed by atoms with E-state index in [1.165, 1.54) is 0 Å². The maximum absolute atomic E-state index is 11.4. The maximum atomic E-state index is 11.4. The van der Waals surface area contributed by atoms with E-state index in [0.717, 1.165) is 5.69 Å². The lowest BCUT2D eigenvalue weighted by molar-refractivity contribution is -0.130. The molecule has 0 fully saturated rings. The highest BCUT2D eigenvalue weighted by atomic mass is 35.5. The summed E-state index contributed by atoms with van der Waals surface area (Å²) >= 11 is 1.56. The van der Waals surface area contributed by atoms with Crippen molar-refractivity contribution in [3.63, 3.8) is 0 Å². The normalized spacial score (nSPS) is 11.7. The number of carbonyl (C=O) groups is 1. The van der Waals surface area contributed by atoms with Crippen molar-refractivity contribution >= 4 is 29.7 Å². The number of nitrogens with one attached hydrogen (secondary N) is 1. The summed E-state index contributed by atoms with van der Waals surface area (Å²) in [5.41, 5.74) is 2.77. The van der Waals surface area contributed by atoms with Gasteiger partial charge in [0.15, 0.2) is 0 Å². The monoisotopic (exact) mass is 249 g/mol. The van der Waals surface area contributed by atoms with Crippen LogP contribution in [0.25, 0.3) is 0 Å². The third-order valence-corrected chi connectivity index (χ3v) is 2.52. The van der Waals surface area contributed by atoms with Gasteiger partial charge in [0.2, 0.25) is 5.91 Å². The van der Waals surface area contributed by atoms with Crippen LogP contribution in [0, 0.1) is 0 Å². The molecule has 1 atom stereocenters. The van der Waals surface area contributed by atoms with Gasteiger partial charge in [0.25, 0.3) is 0 Å². The molecule has 0 saturated carbocycles. The number of thiazole rings is 1. The highest BCUT2D eigenvalue weighted by Gasteiger charge is 2.13. The largest absolute Gasteiger partial charge is 0.347 e. The predicted octanol–water partition coefficient (Wildman–Crippen LogP) is 1.13. The molecule has 1 aromatic rings. The number of carbonyl (C=O) groups excluding carboxylic acids is 1. The van der Waals surface area contributed by atoms with Crippen LogP contribution in [-0.4, -0.2) is 35.9 Å². The van der Waals surface area contributed by atoms with Crippen molar-refractivity contribution in [1.82, 2.24) is 15.2 Å². The number of aromatic nitrogens is 1. The van der Waals surface area contributed by atoms with Gasteiger partial charge in [0.05, 0.1) is 17.2 Å². The molecule has 0 aliphatic rings. The molecule has 0 aliphatic carbocycles. The van der Waals surface area contributed by atoms with E-state index in [-0.39, 0.29) is 24.4 Å². The highest BCUT2D eigenvalue weighted by molar-refractivity contribution is 7.07. The smallest absolute Gasteiger partial charge is 0.238 e. The zero-order valence-corrected chi connectivity index (χ0v) is 10.7. The Bertz CT molecular complexity index is 290. The third-order valence-electron chi connectivity index (χ3n) is 1.88. The van der Waals surface area contributed by atoms with Crippen molar-refractivity contribution in [2.75, 3.05) is 14.1 Å². The first kappa shape index (κ1) is 14.3. The van der Waals surface area contributed by atoms with Gasteiger partial charge in [-0.2, -0.15) is 0 Å². The molecule has 1 heterocycles. The number of rotatable bonds is 4. The van der Waals surface area contributed by atoms with Crippen molar-refractivity contribution in [2.45, 2.75) is 19.5 Å². The molecule has 4 nitrogen and oxygen atoms in total. The first-order chi connectivity index (χ1) is 6.61. The average Bonchev–Trinajstić information content (AvgIpc) is 2.65. The van der Waals surface area contributed by atoms with E-state index in [1.54, 1.807) is 35.8 Å². The minimum Gasteiger partial charge on any atom is -0.347 e. The molecule has 0 aromatic carbocycles. The number of nitrogens with zero attached hydrogens (tertiary/aromatic N) is 2. The molecule has 15 heavy (non-hydrogen) atoms. The molecule has 0 aliphatic heterocycles. The highest BCUT2D eigenvalue weighted by Crippen LogP contribution is 2.00. The van der Waals surface area contributed by atoms with Crippen LogP contribution in [0.2, 0.25) is 0 Å². The first-order valence-corrected chi connectivity index (χ1v) is 5.37. The number of hydrogen-bond donors (Lipinski definition) is 1. The molecule has 0 radical (unpaired) electrons. The van der Waals surface area contributed by atoms with Gasteiger partial charge in [-0.05, 0) is 6.92 Å². The van der Waals surface area contributed by atoms with Crippen LogP contribution in [0.3, 0.4) is 0 Å². The summed E-state index contributed by atoms with van der Waals surface area (Å²) in [4.78, 5) is 17.2. The summed E-state index contributed by atoms with van der Waals surface area (Å²) in [5.74, 6) is 0.0835. The molecule has 0 bridgehead atoms. The summed E-state index contributed by atoms with van der Waals surface area (Å²) in [6, 6.07) is -0.160. The fraction of sp³-hybridized carbons (Fsp3) is 0.556. The van der Waals surface area contributed by atoms with Crippen molar-refractivity contribution < 1.29 is 4.79 Å². The summed E-state index contributed by atoms with van der Waals surface area (Å²) < 4.78 is 0. The van der Waals surface area contributed by atoms with Crippen LogP contribution in [-0.2, 0) is 11.3 Å². The van der Waals surface area contributed by atoms with E-state index >= 15 is 0 Å². The van der Waals surface area contributed by atoms with Crippen LogP contribution >= 0.6 is 23.7 Å². The van der Waals surface area contributed by atoms with Gasteiger partial charge >= 0.3 is 0 Å². The maximum Gasteiger partial charge on any atom is 0.238 e. The van der Waals surface area contributed by atoms with Crippen LogP contribution in [0.5, 0.6) is 0 Å². The molecule has 86 valence electrons. The first-order valence-electron chi connectivity index (χ1n) is 4.43. The van der Waals surface area contributed by atoms with Crippen molar-refractivity contribution in [3.8, 4) is 0 Å². The fourth-order valence-corrected chi connectivity index (χ4v) is 1.62. The van der Waals surface area contributed by atoms with Gasteiger partial charge in [-0.3, -0.25) is 4.79 Å². The quantitative estimate of drug-likeness (QED) is 0.870. The molecule has 1 amide bonds. The summed E-state index contributed by atoms with van der Waals surface area (Å²) in [6.45, 7) is 2.50. The Morgan fingerprint density at radius 2 is 2.33 bits per heavy atom.